The van der Waals surface area contributed by atoms with Crippen LogP contribution in [-0.2, 0) is 0 Å². The predicted octanol–water partition coefficient (Wildman–Crippen LogP) is 2.24. The van der Waals surface area contributed by atoms with Crippen LogP contribution in [0.3, 0.4) is 0 Å². The molecule has 14 heavy (non-hydrogen) atoms. The lowest BCUT2D eigenvalue weighted by molar-refractivity contribution is 0.531. The van der Waals surface area contributed by atoms with Gasteiger partial charge in [0.15, 0.2) is 0 Å². The van der Waals surface area contributed by atoms with E-state index in [1.165, 1.54) is 0 Å². The fraction of sp³-hybridized carbons (Fsp3) is 0.500. The number of nitrogens with one attached hydrogen (secondary N) is 1. The number of nitrogens with zero attached hydrogens (tertiary/aromatic N) is 1. The molecular weight excluding hydrogens is 242 g/mol. The Kier molecular flexibility index (Phi) is 4.35. The van der Waals surface area contributed by atoms with Gasteiger partial charge in [-0.05, 0) is 27.9 Å². The molecule has 0 aliphatic heterocycles. The standard InChI is InChI=1S/C10H16BrN3/c1-7(2)10(5-12)14-9-3-4-13-6-8(9)11/h3-4,6-7,10H,5,12H2,1-2H3,(H,13,14). The van der Waals surface area contributed by atoms with E-state index in [0.717, 1.165) is 10.2 Å². The average Bonchev–Trinajstić information content (AvgIpc) is 2.16. The minimum absolute atomic E-state index is 0.300. The summed E-state index contributed by atoms with van der Waals surface area (Å²) in [5.41, 5.74) is 6.72. The second-order valence-electron chi connectivity index (χ2n) is 3.59. The molecule has 0 saturated heterocycles. The minimum atomic E-state index is 0.300. The maximum absolute atomic E-state index is 5.68. The smallest absolute Gasteiger partial charge is 0.0590 e. The molecule has 0 aromatic carbocycles. The van der Waals surface area contributed by atoms with Crippen molar-refractivity contribution in [2.24, 2.45) is 11.7 Å². The maximum atomic E-state index is 5.68. The highest BCUT2D eigenvalue weighted by molar-refractivity contribution is 9.10. The molecule has 1 heterocycles. The van der Waals surface area contributed by atoms with Crippen LogP contribution in [0.25, 0.3) is 0 Å². The number of pyridine rings is 1. The van der Waals surface area contributed by atoms with E-state index in [1.807, 2.05) is 6.07 Å². The zero-order valence-corrected chi connectivity index (χ0v) is 10.1. The molecule has 78 valence electrons. The summed E-state index contributed by atoms with van der Waals surface area (Å²) in [4.78, 5) is 4.00. The van der Waals surface area contributed by atoms with E-state index in [2.05, 4.69) is 40.1 Å². The van der Waals surface area contributed by atoms with Gasteiger partial charge in [0.25, 0.3) is 0 Å². The first-order valence-corrected chi connectivity index (χ1v) is 5.50. The summed E-state index contributed by atoms with van der Waals surface area (Å²) in [6, 6.07) is 2.24. The first kappa shape index (κ1) is 11.5. The lowest BCUT2D eigenvalue weighted by Gasteiger charge is -2.22. The third-order valence-electron chi connectivity index (χ3n) is 2.17. The SMILES string of the molecule is CC(C)C(CN)Nc1ccncc1Br. The second kappa shape index (κ2) is 5.32. The van der Waals surface area contributed by atoms with Crippen molar-refractivity contribution in [1.82, 2.24) is 4.98 Å². The molecule has 1 aromatic heterocycles. The Morgan fingerprint density at radius 2 is 2.29 bits per heavy atom. The van der Waals surface area contributed by atoms with Crippen molar-refractivity contribution in [3.63, 3.8) is 0 Å². The van der Waals surface area contributed by atoms with Gasteiger partial charge in [-0.15, -0.1) is 0 Å². The zero-order chi connectivity index (χ0) is 10.6. The molecule has 1 rings (SSSR count). The van der Waals surface area contributed by atoms with Crippen LogP contribution in [0.2, 0.25) is 0 Å². The summed E-state index contributed by atoms with van der Waals surface area (Å²) >= 11 is 3.44. The second-order valence-corrected chi connectivity index (χ2v) is 4.44. The molecule has 0 aliphatic carbocycles. The summed E-state index contributed by atoms with van der Waals surface area (Å²) in [6.07, 6.45) is 3.54. The number of aromatic nitrogens is 1. The van der Waals surface area contributed by atoms with Gasteiger partial charge in [0, 0.05) is 25.0 Å². The fourth-order valence-electron chi connectivity index (χ4n) is 1.19. The van der Waals surface area contributed by atoms with Crippen molar-refractivity contribution < 1.29 is 0 Å². The van der Waals surface area contributed by atoms with E-state index in [1.54, 1.807) is 12.4 Å². The highest BCUT2D eigenvalue weighted by Gasteiger charge is 2.11. The van der Waals surface area contributed by atoms with Crippen molar-refractivity contribution in [2.75, 3.05) is 11.9 Å². The summed E-state index contributed by atoms with van der Waals surface area (Å²) in [5, 5.41) is 3.38. The molecule has 3 N–H and O–H groups in total. The number of halogens is 1. The highest BCUT2D eigenvalue weighted by Crippen LogP contribution is 2.21. The van der Waals surface area contributed by atoms with Gasteiger partial charge in [-0.2, -0.15) is 0 Å². The summed E-state index contributed by atoms with van der Waals surface area (Å²) in [5.74, 6) is 0.514. The van der Waals surface area contributed by atoms with E-state index in [9.17, 15) is 0 Å². The van der Waals surface area contributed by atoms with Crippen LogP contribution in [0.15, 0.2) is 22.9 Å². The molecule has 0 amide bonds. The Labute approximate surface area is 93.2 Å². The molecule has 0 aliphatic rings. The van der Waals surface area contributed by atoms with Gasteiger partial charge < -0.3 is 11.1 Å². The van der Waals surface area contributed by atoms with Crippen molar-refractivity contribution in [3.05, 3.63) is 22.9 Å². The van der Waals surface area contributed by atoms with Gasteiger partial charge in [-0.3, -0.25) is 4.98 Å². The number of anilines is 1. The Balaban J connectivity index is 2.72. The minimum Gasteiger partial charge on any atom is -0.380 e. The quantitative estimate of drug-likeness (QED) is 0.870. The molecule has 0 spiro atoms. The molecule has 1 unspecified atom stereocenters. The Morgan fingerprint density at radius 1 is 1.57 bits per heavy atom. The van der Waals surface area contributed by atoms with Crippen LogP contribution >= 0.6 is 15.9 Å². The molecular formula is C10H16BrN3. The Morgan fingerprint density at radius 3 is 2.79 bits per heavy atom. The van der Waals surface area contributed by atoms with Crippen molar-refractivity contribution in [2.45, 2.75) is 19.9 Å². The van der Waals surface area contributed by atoms with Crippen LogP contribution in [0, 0.1) is 5.92 Å². The van der Waals surface area contributed by atoms with E-state index >= 15 is 0 Å². The van der Waals surface area contributed by atoms with E-state index in [4.69, 9.17) is 5.73 Å². The van der Waals surface area contributed by atoms with E-state index in [0.29, 0.717) is 18.5 Å². The largest absolute Gasteiger partial charge is 0.380 e. The van der Waals surface area contributed by atoms with Crippen LogP contribution in [0.4, 0.5) is 5.69 Å². The van der Waals surface area contributed by atoms with Gasteiger partial charge in [0.1, 0.15) is 0 Å². The zero-order valence-electron chi connectivity index (χ0n) is 8.50. The van der Waals surface area contributed by atoms with Crippen LogP contribution in [-0.4, -0.2) is 17.6 Å². The van der Waals surface area contributed by atoms with Gasteiger partial charge in [0.2, 0.25) is 0 Å². The summed E-state index contributed by atoms with van der Waals surface area (Å²) in [6.45, 7) is 4.94. The van der Waals surface area contributed by atoms with Gasteiger partial charge in [-0.1, -0.05) is 13.8 Å². The van der Waals surface area contributed by atoms with Crippen LogP contribution in [0.5, 0.6) is 0 Å². The van der Waals surface area contributed by atoms with Crippen LogP contribution in [0.1, 0.15) is 13.8 Å². The third kappa shape index (κ3) is 2.96. The lowest BCUT2D eigenvalue weighted by Crippen LogP contribution is -2.33. The average molecular weight is 258 g/mol. The van der Waals surface area contributed by atoms with Crippen molar-refractivity contribution in [1.29, 1.82) is 0 Å². The molecule has 4 heteroatoms. The molecule has 0 bridgehead atoms. The molecule has 1 aromatic rings. The monoisotopic (exact) mass is 257 g/mol. The molecule has 0 radical (unpaired) electrons. The predicted molar refractivity (Wildman–Crippen MR) is 63.2 cm³/mol. The number of hydrogen-bond donors (Lipinski definition) is 2. The van der Waals surface area contributed by atoms with E-state index in [-0.39, 0.29) is 0 Å². The van der Waals surface area contributed by atoms with Gasteiger partial charge in [-0.25, -0.2) is 0 Å². The fourth-order valence-corrected chi connectivity index (χ4v) is 1.55. The first-order valence-electron chi connectivity index (χ1n) is 4.71. The summed E-state index contributed by atoms with van der Waals surface area (Å²) < 4.78 is 0.971. The first-order chi connectivity index (χ1) is 6.65. The van der Waals surface area contributed by atoms with Gasteiger partial charge in [0.05, 0.1) is 10.2 Å². The molecule has 3 nitrogen and oxygen atoms in total. The van der Waals surface area contributed by atoms with Gasteiger partial charge >= 0.3 is 0 Å². The van der Waals surface area contributed by atoms with Crippen LogP contribution < -0.4 is 11.1 Å². The Bertz CT molecular complexity index is 288. The topological polar surface area (TPSA) is 50.9 Å². The normalized spacial score (nSPS) is 12.9. The summed E-state index contributed by atoms with van der Waals surface area (Å²) in [7, 11) is 0. The van der Waals surface area contributed by atoms with Crippen molar-refractivity contribution >= 4 is 21.6 Å². The van der Waals surface area contributed by atoms with E-state index < -0.39 is 0 Å². The highest BCUT2D eigenvalue weighted by atomic mass is 79.9. The number of rotatable bonds is 4. The molecule has 1 atom stereocenters. The third-order valence-corrected chi connectivity index (χ3v) is 2.80. The lowest BCUT2D eigenvalue weighted by atomic mass is 10.0. The molecule has 0 fully saturated rings. The maximum Gasteiger partial charge on any atom is 0.0590 e. The number of nitrogens with two attached hydrogens (primary N) is 1. The number of hydrogen-bond acceptors (Lipinski definition) is 3. The Hall–Kier alpha value is -0.610. The molecule has 0 saturated carbocycles. The van der Waals surface area contributed by atoms with Crippen molar-refractivity contribution in [3.8, 4) is 0 Å².